The van der Waals surface area contributed by atoms with E-state index in [4.69, 9.17) is 19.4 Å². The van der Waals surface area contributed by atoms with Gasteiger partial charge in [-0.25, -0.2) is 15.2 Å². The van der Waals surface area contributed by atoms with Crippen molar-refractivity contribution < 1.29 is 33.4 Å². The quantitative estimate of drug-likeness (QED) is 0.154. The summed E-state index contributed by atoms with van der Waals surface area (Å²) in [5, 5.41) is 8.10. The zero-order valence-electron chi connectivity index (χ0n) is 43.6. The Hall–Kier alpha value is -5.87. The molecule has 17 nitrogen and oxygen atoms in total. The molecule has 1 aromatic carbocycles. The van der Waals surface area contributed by atoms with Crippen LogP contribution in [0.15, 0.2) is 41.9 Å². The number of nitrogens with one attached hydrogen (secondary N) is 2. The van der Waals surface area contributed by atoms with Gasteiger partial charge in [0.2, 0.25) is 5.91 Å². The highest BCUT2D eigenvalue weighted by atomic mass is 32.1. The highest BCUT2D eigenvalue weighted by molar-refractivity contribution is 7.10. The number of esters is 1. The number of aryl methyl sites for hydroxylation is 1. The fourth-order valence-corrected chi connectivity index (χ4v) is 10.4. The molecule has 6 bridgehead atoms. The number of cyclic esters (lactones) is 1. The second-order valence-corrected chi connectivity index (χ2v) is 21.8. The molecule has 7 rings (SSSR count). The van der Waals surface area contributed by atoms with Crippen molar-refractivity contribution in [2.45, 2.75) is 117 Å². The van der Waals surface area contributed by atoms with Gasteiger partial charge >= 0.3 is 12.0 Å². The number of urea groups is 1. The van der Waals surface area contributed by atoms with Crippen LogP contribution in [0.4, 0.5) is 4.79 Å². The molecule has 71 heavy (non-hydrogen) atoms. The van der Waals surface area contributed by atoms with Crippen LogP contribution in [0.1, 0.15) is 90.6 Å². The summed E-state index contributed by atoms with van der Waals surface area (Å²) in [7, 11) is 7.09. The summed E-state index contributed by atoms with van der Waals surface area (Å²) in [4.78, 5) is 86.9. The van der Waals surface area contributed by atoms with Crippen LogP contribution < -0.4 is 10.7 Å². The van der Waals surface area contributed by atoms with E-state index in [9.17, 15) is 24.0 Å². The van der Waals surface area contributed by atoms with Crippen molar-refractivity contribution in [1.82, 2.24) is 49.9 Å². The van der Waals surface area contributed by atoms with Crippen LogP contribution in [0.3, 0.4) is 0 Å². The van der Waals surface area contributed by atoms with E-state index in [0.29, 0.717) is 50.4 Å². The van der Waals surface area contributed by atoms with Crippen molar-refractivity contribution in [2.24, 2.45) is 11.3 Å². The summed E-state index contributed by atoms with van der Waals surface area (Å²) in [6.07, 6.45) is 3.16. The van der Waals surface area contributed by atoms with Gasteiger partial charge in [0.15, 0.2) is 0 Å². The third-order valence-electron chi connectivity index (χ3n) is 14.2. The number of amides is 5. The number of piperazine rings is 1. The molecule has 382 valence electrons. The van der Waals surface area contributed by atoms with E-state index in [0.717, 1.165) is 44.7 Å². The van der Waals surface area contributed by atoms with Gasteiger partial charge in [-0.2, -0.15) is 0 Å². The number of methoxy groups -OCH3 is 1. The lowest BCUT2D eigenvalue weighted by Gasteiger charge is -2.39. The summed E-state index contributed by atoms with van der Waals surface area (Å²) in [5.74, 6) is 3.79. The van der Waals surface area contributed by atoms with Crippen LogP contribution >= 0.6 is 11.3 Å². The van der Waals surface area contributed by atoms with Crippen LogP contribution in [0.25, 0.3) is 33.4 Å². The molecule has 18 heteroatoms. The minimum atomic E-state index is -1.10. The Balaban J connectivity index is 1.19. The Labute approximate surface area is 422 Å². The average molecular weight is 993 g/mol. The number of carbonyl (C=O) groups is 5. The maximum absolute atomic E-state index is 14.7. The zero-order valence-corrected chi connectivity index (χ0v) is 44.4. The molecule has 5 amide bonds. The normalized spacial score (nSPS) is 19.7. The minimum absolute atomic E-state index is 0.0646. The molecule has 4 aromatic rings. The first-order chi connectivity index (χ1) is 33.6. The maximum Gasteiger partial charge on any atom is 0.324 e. The summed E-state index contributed by atoms with van der Waals surface area (Å²) in [5.41, 5.74) is 8.75. The first kappa shape index (κ1) is 52.9. The van der Waals surface area contributed by atoms with Gasteiger partial charge < -0.3 is 34.1 Å². The molecule has 4 atom stereocenters. The number of rotatable bonds is 9. The van der Waals surface area contributed by atoms with Gasteiger partial charge in [0, 0.05) is 98.9 Å². The van der Waals surface area contributed by atoms with Gasteiger partial charge in [-0.15, -0.1) is 11.3 Å². The third-order valence-corrected chi connectivity index (χ3v) is 15.1. The predicted molar refractivity (Wildman–Crippen MR) is 275 cm³/mol. The van der Waals surface area contributed by atoms with Crippen molar-refractivity contribution in [2.75, 3.05) is 67.6 Å². The minimum Gasteiger partial charge on any atom is -0.464 e. The fraction of sp³-hybridized carbons (Fsp3) is 0.566. The number of thiazole rings is 1. The SMILES string of the molecule is CCn1c(-c2cccnc2[C@H](C)OC)c2c3cc(ccc31)-c1csc(n1)C[C@H](NC(=O)[C@H](C(C)C)N(C)C(=O)N1CCN(C(=O)C#CC(C)(C)N(C)C)CC1)C(=O)N1CCC[C@H](N1)C(=O)OCC(C)(C)C2. The fourth-order valence-electron chi connectivity index (χ4n) is 9.59. The number of likely N-dealkylation sites (N-methyl/N-ethyl adjacent to an activating group) is 1. The number of nitrogens with zero attached hydrogens (tertiary/aromatic N) is 8. The van der Waals surface area contributed by atoms with E-state index in [-0.39, 0.29) is 50.1 Å². The summed E-state index contributed by atoms with van der Waals surface area (Å²) in [6.45, 7) is 18.2. The van der Waals surface area contributed by atoms with E-state index >= 15 is 0 Å². The molecular weight excluding hydrogens is 921 g/mol. The summed E-state index contributed by atoms with van der Waals surface area (Å²) in [6, 6.07) is 7.20. The molecule has 0 radical (unpaired) electrons. The number of aromatic nitrogens is 3. The number of carbonyl (C=O) groups excluding carboxylic acids is 5. The number of benzene rings is 1. The van der Waals surface area contributed by atoms with Crippen molar-refractivity contribution >= 4 is 52.0 Å². The van der Waals surface area contributed by atoms with Crippen LogP contribution in [-0.2, 0) is 48.0 Å². The van der Waals surface area contributed by atoms with Gasteiger partial charge in [0.25, 0.3) is 11.8 Å². The molecule has 0 saturated carbocycles. The summed E-state index contributed by atoms with van der Waals surface area (Å²) < 4.78 is 14.3. The Kier molecular flexibility index (Phi) is 16.3. The van der Waals surface area contributed by atoms with Crippen molar-refractivity contribution in [3.63, 3.8) is 0 Å². The monoisotopic (exact) mass is 993 g/mol. The maximum atomic E-state index is 14.7. The third kappa shape index (κ3) is 11.6. The van der Waals surface area contributed by atoms with Crippen molar-refractivity contribution in [3.05, 3.63) is 58.2 Å². The van der Waals surface area contributed by atoms with Crippen molar-refractivity contribution in [1.29, 1.82) is 0 Å². The van der Waals surface area contributed by atoms with Gasteiger partial charge in [-0.05, 0) is 103 Å². The average Bonchev–Trinajstić information content (AvgIpc) is 3.95. The Bertz CT molecular complexity index is 2690. The van der Waals surface area contributed by atoms with Gasteiger partial charge in [-0.1, -0.05) is 39.7 Å². The number of fused-ring (bicyclic) bond motifs is 6. The molecule has 0 unspecified atom stereocenters. The lowest BCUT2D eigenvalue weighted by Crippen LogP contribution is -2.63. The van der Waals surface area contributed by atoms with Crippen molar-refractivity contribution in [3.8, 4) is 34.4 Å². The van der Waals surface area contributed by atoms with E-state index in [1.54, 1.807) is 30.2 Å². The Morgan fingerprint density at radius 3 is 2.45 bits per heavy atom. The Morgan fingerprint density at radius 2 is 1.77 bits per heavy atom. The van der Waals surface area contributed by atoms with E-state index in [1.807, 2.05) is 65.1 Å². The number of hydrogen-bond donors (Lipinski definition) is 2. The summed E-state index contributed by atoms with van der Waals surface area (Å²) >= 11 is 1.40. The number of hydrazine groups is 1. The zero-order chi connectivity index (χ0) is 51.5. The lowest BCUT2D eigenvalue weighted by atomic mass is 9.84. The van der Waals surface area contributed by atoms with E-state index < -0.39 is 46.9 Å². The number of ether oxygens (including phenoxy) is 2. The van der Waals surface area contributed by atoms with Gasteiger partial charge in [-0.3, -0.25) is 34.1 Å². The van der Waals surface area contributed by atoms with Crippen LogP contribution in [0.5, 0.6) is 0 Å². The van der Waals surface area contributed by atoms with E-state index in [1.165, 1.54) is 21.2 Å². The Morgan fingerprint density at radius 1 is 1.06 bits per heavy atom. The first-order valence-electron chi connectivity index (χ1n) is 24.8. The molecule has 0 aliphatic carbocycles. The second-order valence-electron chi connectivity index (χ2n) is 20.8. The van der Waals surface area contributed by atoms with Crippen LogP contribution in [0, 0.1) is 23.2 Å². The molecule has 2 N–H and O–H groups in total. The largest absolute Gasteiger partial charge is 0.464 e. The molecule has 2 fully saturated rings. The first-order valence-corrected chi connectivity index (χ1v) is 25.7. The highest BCUT2D eigenvalue weighted by Crippen LogP contribution is 2.42. The molecule has 3 aliphatic rings. The number of hydrogen-bond acceptors (Lipinski definition) is 12. The lowest BCUT2D eigenvalue weighted by molar-refractivity contribution is -0.155. The van der Waals surface area contributed by atoms with Crippen LogP contribution in [0.2, 0.25) is 0 Å². The topological polar surface area (TPSA) is 175 Å². The number of pyridine rings is 1. The molecule has 2 saturated heterocycles. The van der Waals surface area contributed by atoms with Gasteiger partial charge in [0.05, 0.1) is 40.3 Å². The smallest absolute Gasteiger partial charge is 0.324 e. The van der Waals surface area contributed by atoms with Gasteiger partial charge in [0.1, 0.15) is 18.1 Å². The highest BCUT2D eigenvalue weighted by Gasteiger charge is 2.39. The molecule has 0 spiro atoms. The second kappa shape index (κ2) is 21.9. The standard InChI is InChI=1S/C53H72N10O7S/c1-13-62-42-19-18-35-28-37(42)38(47(62)36-16-14-22-54-45(36)34(4)69-12)30-52(5,6)32-70-50(67)39-17-15-23-63(57-39)49(66)40(29-43-55-41(35)31-71-43)56-48(65)46(33(2)3)59(11)51(68)61-26-24-60(25-27-61)44(64)20-21-53(7,8)58(9)10/h14,16,18-19,22,28,31,33-34,39-40,46,57H,13,15,17,23-27,29-30,32H2,1-12H3,(H,56,65)/t34-,39-,40-,46-/m0/s1. The molecule has 3 aliphatic heterocycles. The molecular formula is C53H72N10O7S. The van der Waals surface area contributed by atoms with E-state index in [2.05, 4.69) is 72.2 Å². The molecule has 3 aromatic heterocycles. The molecule has 6 heterocycles. The predicted octanol–water partition coefficient (Wildman–Crippen LogP) is 5.77. The van der Waals surface area contributed by atoms with Crippen LogP contribution in [-0.4, -0.2) is 160 Å².